The molecular formula is C12H21NOS. The Morgan fingerprint density at radius 2 is 2.07 bits per heavy atom. The van der Waals surface area contributed by atoms with Gasteiger partial charge in [-0.25, -0.2) is 0 Å². The van der Waals surface area contributed by atoms with E-state index in [1.807, 2.05) is 0 Å². The Balaban J connectivity index is 2.69. The molecule has 1 aromatic rings. The lowest BCUT2D eigenvalue weighted by Crippen LogP contribution is -2.28. The van der Waals surface area contributed by atoms with Gasteiger partial charge < -0.3 is 10.4 Å². The first-order chi connectivity index (χ1) is 7.04. The largest absolute Gasteiger partial charge is 0.394 e. The highest BCUT2D eigenvalue weighted by Gasteiger charge is 2.14. The van der Waals surface area contributed by atoms with Gasteiger partial charge in [0, 0.05) is 9.75 Å². The van der Waals surface area contributed by atoms with Crippen molar-refractivity contribution in [2.75, 3.05) is 13.2 Å². The number of nitrogens with one attached hydrogen (secondary N) is 1. The number of aliphatic hydroxyl groups excluding tert-OH is 1. The zero-order chi connectivity index (χ0) is 11.4. The molecular weight excluding hydrogens is 206 g/mol. The molecule has 3 heteroatoms. The molecule has 0 amide bonds. The summed E-state index contributed by atoms with van der Waals surface area (Å²) in [5, 5.41) is 12.8. The van der Waals surface area contributed by atoms with Crippen molar-refractivity contribution in [2.45, 2.75) is 33.7 Å². The molecule has 0 saturated heterocycles. The molecule has 0 aliphatic rings. The maximum Gasteiger partial charge on any atom is 0.0626 e. The number of hydrogen-bond acceptors (Lipinski definition) is 3. The van der Waals surface area contributed by atoms with Gasteiger partial charge in [0.1, 0.15) is 0 Å². The van der Waals surface area contributed by atoms with Gasteiger partial charge in [0.2, 0.25) is 0 Å². The van der Waals surface area contributed by atoms with Crippen LogP contribution in [-0.4, -0.2) is 18.3 Å². The number of aliphatic hydroxyl groups is 1. The van der Waals surface area contributed by atoms with Crippen LogP contribution in [0.5, 0.6) is 0 Å². The zero-order valence-electron chi connectivity index (χ0n) is 10.0. The molecule has 1 unspecified atom stereocenters. The predicted octanol–water partition coefficient (Wildman–Crippen LogP) is 2.64. The third kappa shape index (κ3) is 3.59. The van der Waals surface area contributed by atoms with Crippen molar-refractivity contribution in [3.63, 3.8) is 0 Å². The fraction of sp³-hybridized carbons (Fsp3) is 0.667. The minimum atomic E-state index is 0.0948. The molecule has 0 bridgehead atoms. The van der Waals surface area contributed by atoms with Gasteiger partial charge in [0.25, 0.3) is 0 Å². The molecule has 0 saturated carbocycles. The molecule has 2 N–H and O–H groups in total. The van der Waals surface area contributed by atoms with Crippen molar-refractivity contribution in [1.82, 2.24) is 5.32 Å². The molecule has 1 rings (SSSR count). The highest BCUT2D eigenvalue weighted by atomic mass is 32.1. The van der Waals surface area contributed by atoms with E-state index in [2.05, 4.69) is 39.1 Å². The molecule has 1 atom stereocenters. The summed E-state index contributed by atoms with van der Waals surface area (Å²) in [6.45, 7) is 9.69. The molecule has 86 valence electrons. The quantitative estimate of drug-likeness (QED) is 0.810. The summed E-state index contributed by atoms with van der Waals surface area (Å²) in [4.78, 5) is 2.62. The first-order valence-corrected chi connectivity index (χ1v) is 6.27. The van der Waals surface area contributed by atoms with E-state index in [0.717, 1.165) is 6.54 Å². The molecule has 2 nitrogen and oxygen atoms in total. The van der Waals surface area contributed by atoms with E-state index in [4.69, 9.17) is 0 Å². The van der Waals surface area contributed by atoms with Gasteiger partial charge in [0.05, 0.1) is 12.6 Å². The van der Waals surface area contributed by atoms with Crippen molar-refractivity contribution in [3.8, 4) is 0 Å². The van der Waals surface area contributed by atoms with Crippen molar-refractivity contribution in [3.05, 3.63) is 21.4 Å². The Morgan fingerprint density at radius 3 is 2.47 bits per heavy atom. The second kappa shape index (κ2) is 5.64. The van der Waals surface area contributed by atoms with E-state index in [9.17, 15) is 5.11 Å². The van der Waals surface area contributed by atoms with Crippen LogP contribution in [0.15, 0.2) is 6.07 Å². The van der Waals surface area contributed by atoms with E-state index >= 15 is 0 Å². The van der Waals surface area contributed by atoms with E-state index in [-0.39, 0.29) is 12.6 Å². The Kier molecular flexibility index (Phi) is 4.77. The van der Waals surface area contributed by atoms with Crippen LogP contribution >= 0.6 is 11.3 Å². The average Bonchev–Trinajstić information content (AvgIpc) is 2.46. The highest BCUT2D eigenvalue weighted by Crippen LogP contribution is 2.26. The smallest absolute Gasteiger partial charge is 0.0626 e. The molecule has 0 fully saturated rings. The first kappa shape index (κ1) is 12.7. The lowest BCUT2D eigenvalue weighted by molar-refractivity contribution is 0.241. The molecule has 0 aromatic carbocycles. The van der Waals surface area contributed by atoms with Crippen LogP contribution in [-0.2, 0) is 0 Å². The van der Waals surface area contributed by atoms with Crippen LogP contribution < -0.4 is 5.32 Å². The van der Waals surface area contributed by atoms with Crippen molar-refractivity contribution in [1.29, 1.82) is 0 Å². The van der Waals surface area contributed by atoms with Crippen LogP contribution in [0.3, 0.4) is 0 Å². The predicted molar refractivity (Wildman–Crippen MR) is 66.5 cm³/mol. The molecule has 0 aliphatic carbocycles. The van der Waals surface area contributed by atoms with Crippen molar-refractivity contribution in [2.24, 2.45) is 5.92 Å². The Labute approximate surface area is 96.3 Å². The van der Waals surface area contributed by atoms with Gasteiger partial charge in [-0.1, -0.05) is 13.8 Å². The topological polar surface area (TPSA) is 32.3 Å². The third-order valence-corrected chi connectivity index (χ3v) is 3.39. The van der Waals surface area contributed by atoms with Crippen molar-refractivity contribution >= 4 is 11.3 Å². The molecule has 0 spiro atoms. The standard InChI is InChI=1S/C12H21NOS/c1-8(2)6-13-12(7-14)11-5-9(3)15-10(11)4/h5,8,12-14H,6-7H2,1-4H3. The van der Waals surface area contributed by atoms with E-state index < -0.39 is 0 Å². The molecule has 15 heavy (non-hydrogen) atoms. The van der Waals surface area contributed by atoms with Crippen LogP contribution in [0.2, 0.25) is 0 Å². The maximum atomic E-state index is 9.37. The second-order valence-electron chi connectivity index (χ2n) is 4.41. The second-order valence-corrected chi connectivity index (χ2v) is 5.87. The van der Waals surface area contributed by atoms with Crippen molar-refractivity contribution < 1.29 is 5.11 Å². The maximum absolute atomic E-state index is 9.37. The summed E-state index contributed by atoms with van der Waals surface area (Å²) >= 11 is 1.80. The SMILES string of the molecule is Cc1cc(C(CO)NCC(C)C)c(C)s1. The lowest BCUT2D eigenvalue weighted by Gasteiger charge is -2.17. The van der Waals surface area contributed by atoms with E-state index in [1.54, 1.807) is 11.3 Å². The first-order valence-electron chi connectivity index (χ1n) is 5.45. The van der Waals surface area contributed by atoms with Crippen LogP contribution in [0.1, 0.15) is 35.2 Å². The highest BCUT2D eigenvalue weighted by molar-refractivity contribution is 7.12. The van der Waals surface area contributed by atoms with Crippen LogP contribution in [0.25, 0.3) is 0 Å². The summed E-state index contributed by atoms with van der Waals surface area (Å²) in [6, 6.07) is 2.27. The number of rotatable bonds is 5. The zero-order valence-corrected chi connectivity index (χ0v) is 10.8. The summed E-state index contributed by atoms with van der Waals surface area (Å²) in [5.41, 5.74) is 1.25. The Bertz CT molecular complexity index is 307. The molecule has 1 heterocycles. The van der Waals surface area contributed by atoms with Gasteiger partial charge >= 0.3 is 0 Å². The number of hydrogen-bond donors (Lipinski definition) is 2. The van der Waals surface area contributed by atoms with Gasteiger partial charge in [-0.2, -0.15) is 0 Å². The summed E-state index contributed by atoms with van der Waals surface area (Å²) in [7, 11) is 0. The van der Waals surface area contributed by atoms with E-state index in [1.165, 1.54) is 15.3 Å². The number of aryl methyl sites for hydroxylation is 2. The fourth-order valence-corrected chi connectivity index (χ4v) is 2.64. The molecule has 0 radical (unpaired) electrons. The molecule has 0 aliphatic heterocycles. The normalized spacial score (nSPS) is 13.5. The lowest BCUT2D eigenvalue weighted by atomic mass is 10.1. The van der Waals surface area contributed by atoms with Gasteiger partial charge in [-0.3, -0.25) is 0 Å². The third-order valence-electron chi connectivity index (χ3n) is 2.41. The van der Waals surface area contributed by atoms with Crippen LogP contribution in [0.4, 0.5) is 0 Å². The summed E-state index contributed by atoms with van der Waals surface area (Å²) < 4.78 is 0. The molecule has 1 aromatic heterocycles. The minimum absolute atomic E-state index is 0.0948. The Hall–Kier alpha value is -0.380. The van der Waals surface area contributed by atoms with Gasteiger partial charge in [0.15, 0.2) is 0 Å². The van der Waals surface area contributed by atoms with Gasteiger partial charge in [-0.05, 0) is 37.9 Å². The summed E-state index contributed by atoms with van der Waals surface area (Å²) in [5.74, 6) is 0.610. The minimum Gasteiger partial charge on any atom is -0.394 e. The fourth-order valence-electron chi connectivity index (χ4n) is 1.65. The monoisotopic (exact) mass is 227 g/mol. The van der Waals surface area contributed by atoms with E-state index in [0.29, 0.717) is 5.92 Å². The Morgan fingerprint density at radius 1 is 1.40 bits per heavy atom. The average molecular weight is 227 g/mol. The number of thiophene rings is 1. The van der Waals surface area contributed by atoms with Crippen LogP contribution in [0, 0.1) is 19.8 Å². The summed E-state index contributed by atoms with van der Waals surface area (Å²) in [6.07, 6.45) is 0. The van der Waals surface area contributed by atoms with Gasteiger partial charge in [-0.15, -0.1) is 11.3 Å².